The van der Waals surface area contributed by atoms with Crippen molar-refractivity contribution >= 4 is 40.2 Å². The monoisotopic (exact) mass is 1110 g/mol. The molecule has 86 heavy (non-hydrogen) atoms. The number of nitrogens with zero attached hydrogens (tertiary/aromatic N) is 1. The van der Waals surface area contributed by atoms with Crippen LogP contribution in [-0.4, -0.2) is 6.71 Å². The van der Waals surface area contributed by atoms with Crippen LogP contribution in [0.5, 0.6) is 11.5 Å². The summed E-state index contributed by atoms with van der Waals surface area (Å²) in [4.78, 5) is 2.64. The molecule has 2 nitrogen and oxygen atoms in total. The molecule has 0 saturated carbocycles. The van der Waals surface area contributed by atoms with Crippen LogP contribution in [0.2, 0.25) is 0 Å². The molecule has 0 fully saturated rings. The lowest BCUT2D eigenvalue weighted by atomic mass is 9.34. The molecule has 2 aliphatic heterocycles. The molecule has 0 atom stereocenters. The van der Waals surface area contributed by atoms with Crippen molar-refractivity contribution in [1.29, 1.82) is 0 Å². The highest BCUT2D eigenvalue weighted by Crippen LogP contribution is 2.59. The van der Waals surface area contributed by atoms with Gasteiger partial charge in [0, 0.05) is 22.5 Å². The topological polar surface area (TPSA) is 12.5 Å². The van der Waals surface area contributed by atoms with E-state index < -0.39 is 5.41 Å². The normalized spacial score (nSPS) is 14.0. The molecule has 0 saturated heterocycles. The summed E-state index contributed by atoms with van der Waals surface area (Å²) in [5.41, 5.74) is 28.1. The van der Waals surface area contributed by atoms with Gasteiger partial charge < -0.3 is 9.64 Å². The molecule has 11 aromatic rings. The summed E-state index contributed by atoms with van der Waals surface area (Å²) in [6.45, 7) is 27.8. The molecule has 0 unspecified atom stereocenters. The predicted octanol–water partition coefficient (Wildman–Crippen LogP) is 20.3. The van der Waals surface area contributed by atoms with E-state index in [-0.39, 0.29) is 28.4 Å². The maximum absolute atomic E-state index is 7.86. The first-order chi connectivity index (χ1) is 41.2. The minimum Gasteiger partial charge on any atom is -0.458 e. The summed E-state index contributed by atoms with van der Waals surface area (Å²) >= 11 is 0. The lowest BCUT2D eigenvalue weighted by molar-refractivity contribution is 0.486. The first-order valence-electron chi connectivity index (χ1n) is 30.9. The number of benzene rings is 11. The van der Waals surface area contributed by atoms with Crippen LogP contribution in [0, 0.1) is 0 Å². The second-order valence-corrected chi connectivity index (χ2v) is 28.5. The van der Waals surface area contributed by atoms with Crippen molar-refractivity contribution in [2.24, 2.45) is 0 Å². The van der Waals surface area contributed by atoms with E-state index in [9.17, 15) is 0 Å². The second-order valence-electron chi connectivity index (χ2n) is 28.5. The standard InChI is InChI=1S/C83H76BNO/c1-79(2,3)59-41-42-63(70(50-59)82(10,11)12)56-40-44-73-72(47-56)84-71-43-39-55(57-45-60(80(4,5)6)49-61(46-57)81(7,8)9)48-75(71)86-76-52-62(83(58-31-20-15-21-32-58)68-37-24-22-33-66(68)67-34-23-25-38-69(67)83)51-74(77(76)84)85(73)78-64(53-27-16-13-17-28-53)35-26-36-65(78)54-29-18-14-19-30-54/h13-52H,1-12H3. The number of ether oxygens (including phenoxy) is 1. The van der Waals surface area contributed by atoms with Gasteiger partial charge in [0.25, 0.3) is 6.71 Å². The molecule has 3 aliphatic rings. The SMILES string of the molecule is CC(C)(C)c1cc(-c2ccc3c(c2)Oc2cc(C4(c5ccccc5)c5ccccc5-c5ccccc54)cc4c2B3c2cc(-c3ccc(C(C)(C)C)cc3C(C)(C)C)ccc2N4c2c(-c3ccccc3)cccc2-c2ccccc2)cc(C(C)(C)C)c1. The fourth-order valence-corrected chi connectivity index (χ4v) is 14.3. The molecule has 1 aliphatic carbocycles. The van der Waals surface area contributed by atoms with Crippen LogP contribution in [0.25, 0.3) is 55.6 Å². The number of anilines is 3. The second kappa shape index (κ2) is 20.1. The Morgan fingerprint density at radius 2 is 0.860 bits per heavy atom. The summed E-state index contributed by atoms with van der Waals surface area (Å²) in [6, 6.07) is 92.2. The van der Waals surface area contributed by atoms with Crippen LogP contribution in [0.1, 0.15) is 128 Å². The van der Waals surface area contributed by atoms with Crippen molar-refractivity contribution in [3.05, 3.63) is 287 Å². The van der Waals surface area contributed by atoms with Gasteiger partial charge in [-0.1, -0.05) is 301 Å². The van der Waals surface area contributed by atoms with Gasteiger partial charge in [0.15, 0.2) is 0 Å². The third-order valence-electron chi connectivity index (χ3n) is 18.8. The number of fused-ring (bicyclic) bond motifs is 7. The van der Waals surface area contributed by atoms with E-state index >= 15 is 0 Å². The molecule has 0 N–H and O–H groups in total. The summed E-state index contributed by atoms with van der Waals surface area (Å²) in [5.74, 6) is 1.75. The average molecular weight is 1110 g/mol. The number of hydrogen-bond acceptors (Lipinski definition) is 2. The summed E-state index contributed by atoms with van der Waals surface area (Å²) in [5, 5.41) is 0. The van der Waals surface area contributed by atoms with Gasteiger partial charge in [-0.15, -0.1) is 0 Å². The average Bonchev–Trinajstić information content (AvgIpc) is 1.23. The maximum Gasteiger partial charge on any atom is 0.256 e. The van der Waals surface area contributed by atoms with E-state index in [0.717, 1.165) is 72.9 Å². The highest BCUT2D eigenvalue weighted by Gasteiger charge is 2.50. The van der Waals surface area contributed by atoms with Gasteiger partial charge in [0.05, 0.1) is 11.1 Å². The molecular formula is C83H76BNO. The smallest absolute Gasteiger partial charge is 0.256 e. The fraction of sp³-hybridized carbons (Fsp3) is 0.205. The van der Waals surface area contributed by atoms with Crippen molar-refractivity contribution in [3.63, 3.8) is 0 Å². The highest BCUT2D eigenvalue weighted by molar-refractivity contribution is 6.99. The zero-order valence-corrected chi connectivity index (χ0v) is 52.0. The van der Waals surface area contributed by atoms with Crippen molar-refractivity contribution in [3.8, 4) is 67.1 Å². The molecule has 0 spiro atoms. The Balaban J connectivity index is 1.13. The Bertz CT molecular complexity index is 4330. The van der Waals surface area contributed by atoms with Gasteiger partial charge in [-0.2, -0.15) is 0 Å². The van der Waals surface area contributed by atoms with Crippen LogP contribution in [0.4, 0.5) is 17.1 Å². The highest BCUT2D eigenvalue weighted by atomic mass is 16.5. The molecule has 11 aromatic carbocycles. The Labute approximate surface area is 511 Å². The molecular weight excluding hydrogens is 1040 g/mol. The van der Waals surface area contributed by atoms with E-state index in [2.05, 4.69) is 331 Å². The quantitative estimate of drug-likeness (QED) is 0.148. The lowest BCUT2D eigenvalue weighted by Gasteiger charge is -2.43. The van der Waals surface area contributed by atoms with Crippen LogP contribution in [0.15, 0.2) is 243 Å². The van der Waals surface area contributed by atoms with Gasteiger partial charge in [-0.05, 0) is 151 Å². The lowest BCUT2D eigenvalue weighted by Crippen LogP contribution is -2.59. The zero-order valence-electron chi connectivity index (χ0n) is 52.0. The van der Waals surface area contributed by atoms with Gasteiger partial charge in [-0.3, -0.25) is 0 Å². The molecule has 422 valence electrons. The van der Waals surface area contributed by atoms with Crippen molar-refractivity contribution in [2.75, 3.05) is 4.90 Å². The van der Waals surface area contributed by atoms with E-state index in [1.807, 2.05) is 0 Å². The van der Waals surface area contributed by atoms with Gasteiger partial charge in [0.2, 0.25) is 0 Å². The van der Waals surface area contributed by atoms with Crippen LogP contribution in [-0.2, 0) is 27.1 Å². The van der Waals surface area contributed by atoms with Crippen LogP contribution >= 0.6 is 0 Å². The summed E-state index contributed by atoms with van der Waals surface area (Å²) < 4.78 is 7.86. The Kier molecular flexibility index (Phi) is 12.9. The maximum atomic E-state index is 7.86. The van der Waals surface area contributed by atoms with Gasteiger partial charge in [-0.25, -0.2) is 0 Å². The summed E-state index contributed by atoms with van der Waals surface area (Å²) in [6.07, 6.45) is 0. The third-order valence-corrected chi connectivity index (χ3v) is 18.8. The number of rotatable bonds is 7. The number of para-hydroxylation sites is 1. The van der Waals surface area contributed by atoms with Crippen molar-refractivity contribution in [2.45, 2.75) is 110 Å². The van der Waals surface area contributed by atoms with Gasteiger partial charge in [0.1, 0.15) is 11.5 Å². The van der Waals surface area contributed by atoms with Gasteiger partial charge >= 0.3 is 0 Å². The van der Waals surface area contributed by atoms with Crippen molar-refractivity contribution < 1.29 is 4.74 Å². The molecule has 0 bridgehead atoms. The third kappa shape index (κ3) is 8.99. The molecule has 14 rings (SSSR count). The zero-order chi connectivity index (χ0) is 59.7. The Morgan fingerprint density at radius 3 is 1.43 bits per heavy atom. The minimum atomic E-state index is -0.711. The summed E-state index contributed by atoms with van der Waals surface area (Å²) in [7, 11) is 0. The molecule has 2 heterocycles. The fourth-order valence-electron chi connectivity index (χ4n) is 14.3. The first kappa shape index (κ1) is 55.0. The van der Waals surface area contributed by atoms with Crippen molar-refractivity contribution in [1.82, 2.24) is 0 Å². The minimum absolute atomic E-state index is 0.00870. The Hall–Kier alpha value is -8.92. The molecule has 0 amide bonds. The molecule has 3 heteroatoms. The van der Waals surface area contributed by atoms with Crippen LogP contribution < -0.4 is 26.0 Å². The van der Waals surface area contributed by atoms with E-state index in [4.69, 9.17) is 4.74 Å². The molecule has 0 radical (unpaired) electrons. The molecule has 0 aromatic heterocycles. The predicted molar refractivity (Wildman–Crippen MR) is 366 cm³/mol. The number of hydrogen-bond donors (Lipinski definition) is 0. The Morgan fingerprint density at radius 1 is 0.326 bits per heavy atom. The van der Waals surface area contributed by atoms with E-state index in [1.165, 1.54) is 72.2 Å². The van der Waals surface area contributed by atoms with E-state index in [1.54, 1.807) is 0 Å². The van der Waals surface area contributed by atoms with E-state index in [0.29, 0.717) is 0 Å². The largest absolute Gasteiger partial charge is 0.458 e. The first-order valence-corrected chi connectivity index (χ1v) is 30.9. The van der Waals surface area contributed by atoms with Crippen LogP contribution in [0.3, 0.4) is 0 Å².